The molecule has 3 nitrogen and oxygen atoms in total. The molecule has 0 radical (unpaired) electrons. The minimum atomic E-state index is -0.419. The van der Waals surface area contributed by atoms with E-state index in [9.17, 15) is 14.0 Å². The van der Waals surface area contributed by atoms with Crippen LogP contribution in [0.25, 0.3) is 0 Å². The van der Waals surface area contributed by atoms with Crippen molar-refractivity contribution in [1.29, 1.82) is 0 Å². The molecule has 1 unspecified atom stereocenters. The molecule has 1 aliphatic heterocycles. The number of amides is 2. The maximum Gasteiger partial charge on any atom is 0.262 e. The zero-order valence-electron chi connectivity index (χ0n) is 14.0. The van der Waals surface area contributed by atoms with E-state index in [1.807, 2.05) is 0 Å². The molecule has 0 aromatic heterocycles. The fourth-order valence-electron chi connectivity index (χ4n) is 3.11. The van der Waals surface area contributed by atoms with E-state index in [-0.39, 0.29) is 23.0 Å². The Hall–Kier alpha value is -2.49. The minimum absolute atomic E-state index is 0.103. The van der Waals surface area contributed by atoms with Crippen LogP contribution in [0.3, 0.4) is 0 Å². The number of rotatable bonds is 3. The lowest BCUT2D eigenvalue weighted by Crippen LogP contribution is -2.36. The van der Waals surface area contributed by atoms with Crippen molar-refractivity contribution < 1.29 is 14.0 Å². The highest BCUT2D eigenvalue weighted by atomic mass is 19.1. The molecule has 1 aliphatic rings. The Morgan fingerprint density at radius 1 is 0.917 bits per heavy atom. The third-order valence-corrected chi connectivity index (χ3v) is 4.20. The summed E-state index contributed by atoms with van der Waals surface area (Å²) in [6.45, 7) is 6.17. The molecule has 0 aliphatic carbocycles. The lowest BCUT2D eigenvalue weighted by atomic mass is 9.84. The molecule has 0 fully saturated rings. The molecule has 0 N–H and O–H groups in total. The van der Waals surface area contributed by atoms with E-state index >= 15 is 0 Å². The van der Waals surface area contributed by atoms with Gasteiger partial charge in [0.25, 0.3) is 11.8 Å². The van der Waals surface area contributed by atoms with Gasteiger partial charge in [0.2, 0.25) is 0 Å². The SMILES string of the molecule is CC(C)(C)CC(c1ccc(F)cc1)N1C(=O)c2ccccc2C1=O. The van der Waals surface area contributed by atoms with Crippen molar-refractivity contribution >= 4 is 11.8 Å². The number of carbonyl (C=O) groups is 2. The van der Waals surface area contributed by atoms with Gasteiger partial charge in [0.05, 0.1) is 17.2 Å². The largest absolute Gasteiger partial charge is 0.269 e. The van der Waals surface area contributed by atoms with E-state index in [0.717, 1.165) is 5.56 Å². The molecule has 1 heterocycles. The van der Waals surface area contributed by atoms with Gasteiger partial charge in [-0.3, -0.25) is 14.5 Å². The summed E-state index contributed by atoms with van der Waals surface area (Å²) >= 11 is 0. The normalized spacial score (nSPS) is 15.6. The minimum Gasteiger partial charge on any atom is -0.269 e. The maximum atomic E-state index is 13.3. The van der Waals surface area contributed by atoms with E-state index < -0.39 is 6.04 Å². The Kier molecular flexibility index (Phi) is 3.99. The molecule has 2 amide bonds. The summed E-state index contributed by atoms with van der Waals surface area (Å²) in [4.78, 5) is 26.9. The van der Waals surface area contributed by atoms with E-state index in [0.29, 0.717) is 17.5 Å². The Morgan fingerprint density at radius 3 is 1.88 bits per heavy atom. The van der Waals surface area contributed by atoms with Crippen LogP contribution in [0.5, 0.6) is 0 Å². The van der Waals surface area contributed by atoms with E-state index in [1.54, 1.807) is 36.4 Å². The first-order valence-corrected chi connectivity index (χ1v) is 8.00. The van der Waals surface area contributed by atoms with Gasteiger partial charge in [-0.1, -0.05) is 45.0 Å². The molecule has 24 heavy (non-hydrogen) atoms. The summed E-state index contributed by atoms with van der Waals surface area (Å²) in [7, 11) is 0. The average molecular weight is 325 g/mol. The summed E-state index contributed by atoms with van der Waals surface area (Å²) < 4.78 is 13.3. The van der Waals surface area contributed by atoms with Crippen molar-refractivity contribution in [2.75, 3.05) is 0 Å². The molecule has 2 aromatic carbocycles. The van der Waals surface area contributed by atoms with Crippen LogP contribution in [-0.2, 0) is 0 Å². The summed E-state index contributed by atoms with van der Waals surface area (Å²) in [6, 6.07) is 12.5. The molecule has 0 saturated carbocycles. The first-order valence-electron chi connectivity index (χ1n) is 8.00. The molecule has 2 aromatic rings. The maximum absolute atomic E-state index is 13.3. The van der Waals surface area contributed by atoms with Gasteiger partial charge in [0.15, 0.2) is 0 Å². The van der Waals surface area contributed by atoms with Crippen LogP contribution in [0.1, 0.15) is 59.5 Å². The summed E-state index contributed by atoms with van der Waals surface area (Å²) in [5, 5.41) is 0. The van der Waals surface area contributed by atoms with Crippen molar-refractivity contribution in [3.8, 4) is 0 Å². The van der Waals surface area contributed by atoms with Gasteiger partial charge >= 0.3 is 0 Å². The third-order valence-electron chi connectivity index (χ3n) is 4.20. The van der Waals surface area contributed by atoms with Gasteiger partial charge in [0.1, 0.15) is 5.82 Å². The number of nitrogens with zero attached hydrogens (tertiary/aromatic N) is 1. The Labute approximate surface area is 141 Å². The van der Waals surface area contributed by atoms with Crippen LogP contribution in [-0.4, -0.2) is 16.7 Å². The lowest BCUT2D eigenvalue weighted by Gasteiger charge is -2.32. The molecular weight excluding hydrogens is 305 g/mol. The average Bonchev–Trinajstić information content (AvgIpc) is 2.77. The summed E-state index contributed by atoms with van der Waals surface area (Å²) in [5.41, 5.74) is 1.53. The summed E-state index contributed by atoms with van der Waals surface area (Å²) in [6.07, 6.45) is 0.601. The Morgan fingerprint density at radius 2 is 1.42 bits per heavy atom. The van der Waals surface area contributed by atoms with E-state index in [2.05, 4.69) is 20.8 Å². The first kappa shape index (κ1) is 16.4. The molecule has 1 atom stereocenters. The van der Waals surface area contributed by atoms with Crippen molar-refractivity contribution in [3.05, 3.63) is 71.0 Å². The molecule has 124 valence electrons. The van der Waals surface area contributed by atoms with Crippen LogP contribution >= 0.6 is 0 Å². The van der Waals surface area contributed by atoms with Crippen LogP contribution in [0.2, 0.25) is 0 Å². The highest BCUT2D eigenvalue weighted by Gasteiger charge is 2.41. The monoisotopic (exact) mass is 325 g/mol. The summed E-state index contributed by atoms with van der Waals surface area (Å²) in [5.74, 6) is -0.904. The molecule has 3 rings (SSSR count). The number of imide groups is 1. The third kappa shape index (κ3) is 2.96. The lowest BCUT2D eigenvalue weighted by molar-refractivity contribution is 0.0543. The van der Waals surface area contributed by atoms with Gasteiger partial charge in [-0.25, -0.2) is 4.39 Å². The van der Waals surface area contributed by atoms with Crippen molar-refractivity contribution in [2.45, 2.75) is 33.2 Å². The van der Waals surface area contributed by atoms with Crippen LogP contribution in [0.15, 0.2) is 48.5 Å². The van der Waals surface area contributed by atoms with Gasteiger partial charge in [-0.05, 0) is 41.7 Å². The quantitative estimate of drug-likeness (QED) is 0.774. The second-order valence-corrected chi connectivity index (χ2v) is 7.36. The highest BCUT2D eigenvalue weighted by molar-refractivity contribution is 6.21. The predicted octanol–water partition coefficient (Wildman–Crippen LogP) is 4.60. The van der Waals surface area contributed by atoms with Crippen molar-refractivity contribution in [1.82, 2.24) is 4.90 Å². The number of fused-ring (bicyclic) bond motifs is 1. The number of carbonyl (C=O) groups excluding carboxylic acids is 2. The number of benzene rings is 2. The van der Waals surface area contributed by atoms with Crippen LogP contribution < -0.4 is 0 Å². The van der Waals surface area contributed by atoms with Gasteiger partial charge in [0, 0.05) is 0 Å². The first-order chi connectivity index (χ1) is 11.3. The molecule has 0 spiro atoms. The Bertz CT molecular complexity index is 755. The second kappa shape index (κ2) is 5.86. The van der Waals surface area contributed by atoms with Crippen LogP contribution in [0, 0.1) is 11.2 Å². The molecule has 0 saturated heterocycles. The van der Waals surface area contributed by atoms with Gasteiger partial charge < -0.3 is 0 Å². The predicted molar refractivity (Wildman–Crippen MR) is 90.2 cm³/mol. The van der Waals surface area contributed by atoms with E-state index in [1.165, 1.54) is 17.0 Å². The van der Waals surface area contributed by atoms with Crippen molar-refractivity contribution in [3.63, 3.8) is 0 Å². The second-order valence-electron chi connectivity index (χ2n) is 7.36. The fourth-order valence-corrected chi connectivity index (χ4v) is 3.11. The van der Waals surface area contributed by atoms with Gasteiger partial charge in [-0.2, -0.15) is 0 Å². The zero-order valence-corrected chi connectivity index (χ0v) is 14.0. The number of hydrogen-bond acceptors (Lipinski definition) is 2. The Balaban J connectivity index is 2.05. The van der Waals surface area contributed by atoms with Gasteiger partial charge in [-0.15, -0.1) is 0 Å². The fraction of sp³-hybridized carbons (Fsp3) is 0.300. The molecular formula is C20H20FNO2. The highest BCUT2D eigenvalue weighted by Crippen LogP contribution is 2.38. The standard InChI is InChI=1S/C20H20FNO2/c1-20(2,3)12-17(13-8-10-14(21)11-9-13)22-18(23)15-6-4-5-7-16(15)19(22)24/h4-11,17H,12H2,1-3H3. The van der Waals surface area contributed by atoms with E-state index in [4.69, 9.17) is 0 Å². The van der Waals surface area contributed by atoms with Crippen LogP contribution in [0.4, 0.5) is 4.39 Å². The zero-order chi connectivity index (χ0) is 17.5. The number of hydrogen-bond donors (Lipinski definition) is 0. The molecule has 0 bridgehead atoms. The molecule has 4 heteroatoms. The smallest absolute Gasteiger partial charge is 0.262 e. The number of halogens is 1. The topological polar surface area (TPSA) is 37.4 Å². The van der Waals surface area contributed by atoms with Crippen molar-refractivity contribution in [2.24, 2.45) is 5.41 Å².